The van der Waals surface area contributed by atoms with Crippen molar-refractivity contribution >= 4 is 11.9 Å². The maximum absolute atomic E-state index is 11.1. The van der Waals surface area contributed by atoms with E-state index in [2.05, 4.69) is 21.1 Å². The fourth-order valence-corrected chi connectivity index (χ4v) is 2.41. The molecule has 0 bridgehead atoms. The van der Waals surface area contributed by atoms with Crippen LogP contribution < -0.4 is 21.9 Å². The molecule has 17 heavy (non-hydrogen) atoms. The van der Waals surface area contributed by atoms with Crippen molar-refractivity contribution < 1.29 is 4.79 Å². The Morgan fingerprint density at radius 2 is 2.12 bits per heavy atom. The lowest BCUT2D eigenvalue weighted by Crippen LogP contribution is -2.47. The van der Waals surface area contributed by atoms with Crippen molar-refractivity contribution in [3.05, 3.63) is 0 Å². The first kappa shape index (κ1) is 12.2. The molecule has 6 nitrogen and oxygen atoms in total. The second-order valence-electron chi connectivity index (χ2n) is 4.76. The van der Waals surface area contributed by atoms with E-state index in [1.54, 1.807) is 0 Å². The highest BCUT2D eigenvalue weighted by molar-refractivity contribution is 5.83. The number of nitrogens with one attached hydrogen (secondary N) is 3. The van der Waals surface area contributed by atoms with Gasteiger partial charge in [0.05, 0.1) is 12.1 Å². The van der Waals surface area contributed by atoms with E-state index in [4.69, 9.17) is 5.84 Å². The van der Waals surface area contributed by atoms with Gasteiger partial charge in [0, 0.05) is 13.0 Å². The fraction of sp³-hybridized carbons (Fsp3) is 0.818. The molecule has 0 aromatic carbocycles. The average Bonchev–Trinajstić information content (AvgIpc) is 2.75. The van der Waals surface area contributed by atoms with Gasteiger partial charge in [0.1, 0.15) is 0 Å². The zero-order valence-electron chi connectivity index (χ0n) is 10.0. The topological polar surface area (TPSA) is 91.5 Å². The van der Waals surface area contributed by atoms with Crippen LogP contribution in [0.4, 0.5) is 0 Å². The molecule has 1 amide bonds. The van der Waals surface area contributed by atoms with Gasteiger partial charge < -0.3 is 10.6 Å². The van der Waals surface area contributed by atoms with E-state index in [9.17, 15) is 4.79 Å². The van der Waals surface area contributed by atoms with Crippen LogP contribution in [-0.4, -0.2) is 30.5 Å². The Balaban J connectivity index is 1.86. The molecule has 2 aliphatic rings. The highest BCUT2D eigenvalue weighted by Gasteiger charge is 2.22. The lowest BCUT2D eigenvalue weighted by molar-refractivity contribution is -0.119. The zero-order chi connectivity index (χ0) is 12.1. The standard InChI is InChI=1S/C11H21N5O/c12-16-11(14-8-4-2-1-3-5-8)15-9-6-10(17)13-7-9/h8-9H,1-7,12H2,(H,13,17)(H2,14,15,16). The van der Waals surface area contributed by atoms with Crippen LogP contribution in [0.15, 0.2) is 4.99 Å². The minimum Gasteiger partial charge on any atom is -0.354 e. The molecular formula is C11H21N5O. The number of rotatable bonds is 2. The van der Waals surface area contributed by atoms with Crippen molar-refractivity contribution in [2.75, 3.05) is 6.54 Å². The maximum atomic E-state index is 11.1. The second-order valence-corrected chi connectivity index (χ2v) is 4.76. The van der Waals surface area contributed by atoms with Crippen LogP contribution in [0.25, 0.3) is 0 Å². The second kappa shape index (κ2) is 5.86. The van der Waals surface area contributed by atoms with Gasteiger partial charge in [0.2, 0.25) is 11.9 Å². The van der Waals surface area contributed by atoms with Gasteiger partial charge in [-0.25, -0.2) is 10.8 Å². The number of carbonyl (C=O) groups is 1. The van der Waals surface area contributed by atoms with Gasteiger partial charge in [-0.05, 0) is 12.8 Å². The summed E-state index contributed by atoms with van der Waals surface area (Å²) in [5, 5.41) is 5.95. The van der Waals surface area contributed by atoms with Gasteiger partial charge >= 0.3 is 0 Å². The number of amides is 1. The third-order valence-corrected chi connectivity index (χ3v) is 3.34. The number of hydrogen-bond donors (Lipinski definition) is 4. The molecule has 2 rings (SSSR count). The summed E-state index contributed by atoms with van der Waals surface area (Å²) < 4.78 is 0. The molecule has 1 atom stereocenters. The third kappa shape index (κ3) is 3.59. The molecule has 1 unspecified atom stereocenters. The highest BCUT2D eigenvalue weighted by Crippen LogP contribution is 2.20. The highest BCUT2D eigenvalue weighted by atomic mass is 16.1. The van der Waals surface area contributed by atoms with Crippen molar-refractivity contribution in [2.24, 2.45) is 10.8 Å². The van der Waals surface area contributed by atoms with Gasteiger partial charge in [-0.2, -0.15) is 0 Å². The summed E-state index contributed by atoms with van der Waals surface area (Å²) in [5.41, 5.74) is 2.59. The lowest BCUT2D eigenvalue weighted by Gasteiger charge is -2.20. The first-order valence-corrected chi connectivity index (χ1v) is 6.35. The van der Waals surface area contributed by atoms with E-state index in [-0.39, 0.29) is 11.9 Å². The molecule has 0 radical (unpaired) electrons. The minimum atomic E-state index is 0.0801. The molecule has 0 spiro atoms. The normalized spacial score (nSPS) is 26.8. The number of nitrogens with zero attached hydrogens (tertiary/aromatic N) is 1. The van der Waals surface area contributed by atoms with E-state index in [1.807, 2.05) is 0 Å². The first-order chi connectivity index (χ1) is 8.28. The molecule has 1 aliphatic carbocycles. The van der Waals surface area contributed by atoms with Crippen LogP contribution in [-0.2, 0) is 4.79 Å². The summed E-state index contributed by atoms with van der Waals surface area (Å²) in [7, 11) is 0. The Bertz CT molecular complexity index is 298. The van der Waals surface area contributed by atoms with E-state index < -0.39 is 0 Å². The Labute approximate surface area is 101 Å². The predicted molar refractivity (Wildman–Crippen MR) is 66.2 cm³/mol. The number of carbonyl (C=O) groups excluding carboxylic acids is 1. The van der Waals surface area contributed by atoms with Gasteiger partial charge in [0.15, 0.2) is 0 Å². The molecule has 2 fully saturated rings. The van der Waals surface area contributed by atoms with Gasteiger partial charge in [-0.3, -0.25) is 10.2 Å². The number of guanidine groups is 1. The monoisotopic (exact) mass is 239 g/mol. The lowest BCUT2D eigenvalue weighted by atomic mass is 9.96. The van der Waals surface area contributed by atoms with Crippen molar-refractivity contribution in [3.8, 4) is 0 Å². The predicted octanol–water partition coefficient (Wildman–Crippen LogP) is -0.384. The Kier molecular flexibility index (Phi) is 4.19. The van der Waals surface area contributed by atoms with E-state index in [1.165, 1.54) is 19.3 Å². The summed E-state index contributed by atoms with van der Waals surface area (Å²) in [6, 6.07) is 0.466. The molecule has 1 heterocycles. The summed E-state index contributed by atoms with van der Waals surface area (Å²) in [5.74, 6) is 6.14. The van der Waals surface area contributed by atoms with Crippen LogP contribution in [0.2, 0.25) is 0 Å². The van der Waals surface area contributed by atoms with Crippen LogP contribution in [0, 0.1) is 0 Å². The van der Waals surface area contributed by atoms with E-state index in [0.29, 0.717) is 25.0 Å². The van der Waals surface area contributed by atoms with Crippen molar-refractivity contribution in [2.45, 2.75) is 50.6 Å². The van der Waals surface area contributed by atoms with Crippen molar-refractivity contribution in [1.29, 1.82) is 0 Å². The number of hydrogen-bond acceptors (Lipinski definition) is 3. The smallest absolute Gasteiger partial charge is 0.222 e. The first-order valence-electron chi connectivity index (χ1n) is 6.35. The molecular weight excluding hydrogens is 218 g/mol. The molecule has 0 aromatic rings. The fourth-order valence-electron chi connectivity index (χ4n) is 2.41. The molecule has 0 aromatic heterocycles. The van der Waals surface area contributed by atoms with Crippen LogP contribution in [0.5, 0.6) is 0 Å². The number of nitrogens with two attached hydrogens (primary N) is 1. The van der Waals surface area contributed by atoms with Crippen molar-refractivity contribution in [3.63, 3.8) is 0 Å². The number of hydrazine groups is 1. The summed E-state index contributed by atoms with van der Waals surface area (Å²) in [6.45, 7) is 0.643. The Morgan fingerprint density at radius 3 is 2.71 bits per heavy atom. The molecule has 1 saturated heterocycles. The molecule has 1 saturated carbocycles. The minimum absolute atomic E-state index is 0.0801. The van der Waals surface area contributed by atoms with Crippen LogP contribution in [0.1, 0.15) is 38.5 Å². The zero-order valence-corrected chi connectivity index (χ0v) is 10.0. The van der Waals surface area contributed by atoms with E-state index in [0.717, 1.165) is 12.8 Å². The number of aliphatic imine (C=N–C) groups is 1. The quantitative estimate of drug-likeness (QED) is 0.229. The molecule has 1 aliphatic heterocycles. The van der Waals surface area contributed by atoms with Crippen molar-refractivity contribution in [1.82, 2.24) is 16.1 Å². The molecule has 6 heteroatoms. The third-order valence-electron chi connectivity index (χ3n) is 3.34. The SMILES string of the molecule is NNC(=NC1CCCCC1)NC1CNC(=O)C1. The maximum Gasteiger partial charge on any atom is 0.222 e. The largest absolute Gasteiger partial charge is 0.354 e. The van der Waals surface area contributed by atoms with Crippen LogP contribution in [0.3, 0.4) is 0 Å². The average molecular weight is 239 g/mol. The Hall–Kier alpha value is -1.30. The molecule has 96 valence electrons. The van der Waals surface area contributed by atoms with Crippen LogP contribution >= 0.6 is 0 Å². The van der Waals surface area contributed by atoms with Gasteiger partial charge in [0.25, 0.3) is 0 Å². The summed E-state index contributed by atoms with van der Waals surface area (Å²) in [6.07, 6.45) is 6.56. The molecule has 5 N–H and O–H groups in total. The summed E-state index contributed by atoms with van der Waals surface area (Å²) >= 11 is 0. The Morgan fingerprint density at radius 1 is 1.35 bits per heavy atom. The van der Waals surface area contributed by atoms with Gasteiger partial charge in [-0.1, -0.05) is 19.3 Å². The van der Waals surface area contributed by atoms with Gasteiger partial charge in [-0.15, -0.1) is 0 Å². The van der Waals surface area contributed by atoms with E-state index >= 15 is 0 Å². The summed E-state index contributed by atoms with van der Waals surface area (Å²) in [4.78, 5) is 15.6.